The third-order valence-electron chi connectivity index (χ3n) is 8.03. The maximum atomic E-state index is 13.2. The van der Waals surface area contributed by atoms with Crippen LogP contribution in [-0.4, -0.2) is 79.1 Å². The van der Waals surface area contributed by atoms with E-state index in [-0.39, 0.29) is 18.2 Å². The Kier molecular flexibility index (Phi) is 9.08. The Morgan fingerprint density at radius 3 is 2.46 bits per heavy atom. The normalized spacial score (nSPS) is 26.3. The van der Waals surface area contributed by atoms with Gasteiger partial charge >= 0.3 is 5.97 Å². The van der Waals surface area contributed by atoms with Gasteiger partial charge in [0.2, 0.25) is 0 Å². The second kappa shape index (κ2) is 12.0. The van der Waals surface area contributed by atoms with Gasteiger partial charge in [-0.1, -0.05) is 39.5 Å². The number of hydrazine groups is 1. The summed E-state index contributed by atoms with van der Waals surface area (Å²) in [4.78, 5) is 20.5. The Balaban J connectivity index is 1.54. The summed E-state index contributed by atoms with van der Waals surface area (Å²) in [7, 11) is 2.20. The molecule has 0 radical (unpaired) electrons. The zero-order valence-corrected chi connectivity index (χ0v) is 22.7. The standard InChI is InChI=1S/C28H47N5O2/c1-6-8-9-10-11-15-32-25-19-22(4)21(3)18-23(25)28(34)35-27(32)24-12-13-26(33(29-24)14-7-2)31-17-16-30(5)20-31/h18-19,24,26-27,29H,6-17,20H2,1-5H3. The highest BCUT2D eigenvalue weighted by Gasteiger charge is 2.42. The number of ether oxygens (including phenoxy) is 1. The van der Waals surface area contributed by atoms with Crippen molar-refractivity contribution in [2.75, 3.05) is 44.8 Å². The number of benzene rings is 1. The highest BCUT2D eigenvalue weighted by atomic mass is 16.6. The minimum atomic E-state index is -0.273. The van der Waals surface area contributed by atoms with E-state index in [1.54, 1.807) is 0 Å². The van der Waals surface area contributed by atoms with E-state index in [9.17, 15) is 4.79 Å². The molecule has 0 saturated carbocycles. The van der Waals surface area contributed by atoms with E-state index in [0.29, 0.717) is 6.17 Å². The number of anilines is 1. The molecule has 1 N–H and O–H groups in total. The van der Waals surface area contributed by atoms with Crippen LogP contribution in [0, 0.1) is 13.8 Å². The molecular formula is C28H47N5O2. The molecular weight excluding hydrogens is 438 g/mol. The molecule has 0 spiro atoms. The molecule has 3 unspecified atom stereocenters. The van der Waals surface area contributed by atoms with Gasteiger partial charge in [0.25, 0.3) is 0 Å². The fraction of sp³-hybridized carbons (Fsp3) is 0.750. The number of unbranched alkanes of at least 4 members (excludes halogenated alkanes) is 4. The van der Waals surface area contributed by atoms with E-state index in [4.69, 9.17) is 4.74 Å². The van der Waals surface area contributed by atoms with Crippen molar-refractivity contribution < 1.29 is 9.53 Å². The molecule has 3 aliphatic rings. The van der Waals surface area contributed by atoms with Gasteiger partial charge in [-0.3, -0.25) is 9.80 Å². The molecule has 3 heterocycles. The van der Waals surface area contributed by atoms with Crippen molar-refractivity contribution in [2.24, 2.45) is 0 Å². The average molecular weight is 486 g/mol. The molecule has 2 fully saturated rings. The van der Waals surface area contributed by atoms with E-state index >= 15 is 0 Å². The quantitative estimate of drug-likeness (QED) is 0.387. The maximum absolute atomic E-state index is 13.2. The van der Waals surface area contributed by atoms with Gasteiger partial charge in [0.15, 0.2) is 6.23 Å². The summed E-state index contributed by atoms with van der Waals surface area (Å²) in [5, 5.41) is 2.43. The summed E-state index contributed by atoms with van der Waals surface area (Å²) in [6, 6.07) is 4.32. The highest BCUT2D eigenvalue weighted by Crippen LogP contribution is 2.35. The van der Waals surface area contributed by atoms with Gasteiger partial charge in [0, 0.05) is 26.2 Å². The number of hydrogen-bond donors (Lipinski definition) is 1. The Hall–Kier alpha value is -1.67. The average Bonchev–Trinajstić information content (AvgIpc) is 3.27. The van der Waals surface area contributed by atoms with Crippen molar-refractivity contribution in [2.45, 2.75) is 97.5 Å². The molecule has 0 amide bonds. The van der Waals surface area contributed by atoms with Gasteiger partial charge < -0.3 is 9.64 Å². The van der Waals surface area contributed by atoms with Crippen LogP contribution in [0.5, 0.6) is 0 Å². The Bertz CT molecular complexity index is 862. The van der Waals surface area contributed by atoms with Crippen LogP contribution in [0.15, 0.2) is 12.1 Å². The van der Waals surface area contributed by atoms with Crippen molar-refractivity contribution in [3.05, 3.63) is 28.8 Å². The summed E-state index contributed by atoms with van der Waals surface area (Å²) >= 11 is 0. The van der Waals surface area contributed by atoms with Gasteiger partial charge in [0.05, 0.1) is 30.1 Å². The fourth-order valence-corrected chi connectivity index (χ4v) is 5.89. The summed E-state index contributed by atoms with van der Waals surface area (Å²) < 4.78 is 6.22. The molecule has 7 nitrogen and oxygen atoms in total. The minimum Gasteiger partial charge on any atom is -0.436 e. The second-order valence-corrected chi connectivity index (χ2v) is 10.9. The summed E-state index contributed by atoms with van der Waals surface area (Å²) in [5.74, 6) is -0.178. The van der Waals surface area contributed by atoms with Crippen molar-refractivity contribution in [1.82, 2.24) is 20.2 Å². The molecule has 1 aromatic rings. The number of carbonyl (C=O) groups excluding carboxylic acids is 1. The smallest absolute Gasteiger partial charge is 0.342 e. The second-order valence-electron chi connectivity index (χ2n) is 10.9. The lowest BCUT2D eigenvalue weighted by Crippen LogP contribution is -2.66. The molecule has 3 atom stereocenters. The van der Waals surface area contributed by atoms with Crippen LogP contribution >= 0.6 is 0 Å². The number of nitrogens with one attached hydrogen (secondary N) is 1. The molecule has 4 rings (SSSR count). The first-order chi connectivity index (χ1) is 16.9. The lowest BCUT2D eigenvalue weighted by Gasteiger charge is -2.49. The van der Waals surface area contributed by atoms with Gasteiger partial charge in [0.1, 0.15) is 0 Å². The van der Waals surface area contributed by atoms with E-state index in [1.165, 1.54) is 31.2 Å². The molecule has 196 valence electrons. The summed E-state index contributed by atoms with van der Waals surface area (Å²) in [5.41, 5.74) is 7.99. The predicted octanol–water partition coefficient (Wildman–Crippen LogP) is 4.49. The monoisotopic (exact) mass is 485 g/mol. The van der Waals surface area contributed by atoms with E-state index in [1.807, 2.05) is 6.07 Å². The summed E-state index contributed by atoms with van der Waals surface area (Å²) in [6.45, 7) is 13.9. The zero-order chi connectivity index (χ0) is 24.9. The van der Waals surface area contributed by atoms with Crippen molar-refractivity contribution in [3.63, 3.8) is 0 Å². The number of likely N-dealkylation sites (N-methyl/N-ethyl adjacent to an activating group) is 1. The first kappa shape index (κ1) is 26.4. The Morgan fingerprint density at radius 1 is 0.971 bits per heavy atom. The maximum Gasteiger partial charge on any atom is 0.342 e. The molecule has 0 aliphatic carbocycles. The first-order valence-electron chi connectivity index (χ1n) is 14.0. The van der Waals surface area contributed by atoms with Crippen LogP contribution in [0.1, 0.15) is 86.7 Å². The molecule has 1 aromatic carbocycles. The number of rotatable bonds is 10. The fourth-order valence-electron chi connectivity index (χ4n) is 5.89. The van der Waals surface area contributed by atoms with Gasteiger partial charge in [-0.2, -0.15) is 0 Å². The van der Waals surface area contributed by atoms with Crippen LogP contribution in [0.25, 0.3) is 0 Å². The first-order valence-corrected chi connectivity index (χ1v) is 14.0. The van der Waals surface area contributed by atoms with Gasteiger partial charge in [-0.05, 0) is 69.8 Å². The molecule has 0 aromatic heterocycles. The van der Waals surface area contributed by atoms with E-state index in [2.05, 4.69) is 65.9 Å². The number of carbonyl (C=O) groups is 1. The zero-order valence-electron chi connectivity index (χ0n) is 22.7. The number of fused-ring (bicyclic) bond motifs is 1. The minimum absolute atomic E-state index is 0.0903. The van der Waals surface area contributed by atoms with E-state index < -0.39 is 0 Å². The van der Waals surface area contributed by atoms with Crippen LogP contribution < -0.4 is 10.3 Å². The third-order valence-corrected chi connectivity index (χ3v) is 8.03. The molecule has 35 heavy (non-hydrogen) atoms. The summed E-state index contributed by atoms with van der Waals surface area (Å²) in [6.07, 6.45) is 9.44. The Labute approximate surface area is 212 Å². The molecule has 3 aliphatic heterocycles. The number of aryl methyl sites for hydroxylation is 2. The Morgan fingerprint density at radius 2 is 1.74 bits per heavy atom. The predicted molar refractivity (Wildman–Crippen MR) is 142 cm³/mol. The number of nitrogens with zero attached hydrogens (tertiary/aromatic N) is 4. The highest BCUT2D eigenvalue weighted by molar-refractivity contribution is 5.98. The lowest BCUT2D eigenvalue weighted by molar-refractivity contribution is -0.0672. The van der Waals surface area contributed by atoms with Gasteiger partial charge in [-0.25, -0.2) is 15.2 Å². The number of esters is 1. The molecule has 0 bridgehead atoms. The van der Waals surface area contributed by atoms with Crippen molar-refractivity contribution in [3.8, 4) is 0 Å². The van der Waals surface area contributed by atoms with Crippen LogP contribution in [0.4, 0.5) is 5.69 Å². The van der Waals surface area contributed by atoms with E-state index in [0.717, 1.165) is 75.3 Å². The topological polar surface area (TPSA) is 51.3 Å². The van der Waals surface area contributed by atoms with Crippen molar-refractivity contribution >= 4 is 11.7 Å². The lowest BCUT2D eigenvalue weighted by atomic mass is 9.98. The SMILES string of the molecule is CCCCCCCN1c2cc(C)c(C)cc2C(=O)OC1C1CCC(N2CCN(C)C2)N(CCC)N1. The molecule has 7 heteroatoms. The number of hydrogen-bond acceptors (Lipinski definition) is 7. The van der Waals surface area contributed by atoms with Crippen LogP contribution in [0.3, 0.4) is 0 Å². The van der Waals surface area contributed by atoms with Crippen LogP contribution in [-0.2, 0) is 4.74 Å². The van der Waals surface area contributed by atoms with Gasteiger partial charge in [-0.15, -0.1) is 0 Å². The van der Waals surface area contributed by atoms with Crippen molar-refractivity contribution in [1.29, 1.82) is 0 Å². The number of cyclic esters (lactones) is 1. The third kappa shape index (κ3) is 6.01. The molecule has 2 saturated heterocycles. The van der Waals surface area contributed by atoms with Crippen LogP contribution in [0.2, 0.25) is 0 Å². The largest absolute Gasteiger partial charge is 0.436 e.